The highest BCUT2D eigenvalue weighted by atomic mass is 35.5. The fourth-order valence-corrected chi connectivity index (χ4v) is 6.84. The number of fused-ring (bicyclic) bond motifs is 3. The summed E-state index contributed by atoms with van der Waals surface area (Å²) in [6.07, 6.45) is 3.44. The Labute approximate surface area is 213 Å². The Morgan fingerprint density at radius 2 is 2.06 bits per heavy atom. The van der Waals surface area contributed by atoms with Crippen molar-refractivity contribution in [1.29, 1.82) is 0 Å². The van der Waals surface area contributed by atoms with Crippen LogP contribution in [0.1, 0.15) is 33.9 Å². The van der Waals surface area contributed by atoms with E-state index in [9.17, 15) is 9.90 Å². The molecule has 5 rings (SSSR count). The Hall–Kier alpha value is -2.37. The topological polar surface area (TPSA) is 95.1 Å². The summed E-state index contributed by atoms with van der Waals surface area (Å²) in [5, 5.41) is 20.6. The number of aromatic carboxylic acids is 1. The average molecular weight is 536 g/mol. The van der Waals surface area contributed by atoms with Crippen molar-refractivity contribution >= 4 is 52.3 Å². The van der Waals surface area contributed by atoms with Crippen LogP contribution in [0, 0.1) is 6.92 Å². The number of carbonyl (C=O) groups is 1. The van der Waals surface area contributed by atoms with Crippen LogP contribution >= 0.6 is 46.3 Å². The van der Waals surface area contributed by atoms with Gasteiger partial charge in [-0.1, -0.05) is 34.5 Å². The van der Waals surface area contributed by atoms with Crippen molar-refractivity contribution in [3.05, 3.63) is 51.5 Å². The Kier molecular flexibility index (Phi) is 6.19. The predicted octanol–water partition coefficient (Wildman–Crippen LogP) is 5.99. The number of aryl methyl sites for hydroxylation is 1. The average Bonchev–Trinajstić information content (AvgIpc) is 3.50. The van der Waals surface area contributed by atoms with Gasteiger partial charge < -0.3 is 9.84 Å². The smallest absolute Gasteiger partial charge is 0.355 e. The molecule has 0 aliphatic carbocycles. The van der Waals surface area contributed by atoms with Crippen molar-refractivity contribution in [3.63, 3.8) is 0 Å². The van der Waals surface area contributed by atoms with E-state index in [4.69, 9.17) is 32.9 Å². The first kappa shape index (κ1) is 23.4. The minimum atomic E-state index is -1.09. The molecule has 4 heterocycles. The number of thioether (sulfide) groups is 1. The SMILES string of the molecule is COCCn1cc(-c2c(C)nn(-c3nc4c(s3)SC(C)c3cc(Cl)c(Cl)cc3-4)c2C(=O)O)cn1. The van der Waals surface area contributed by atoms with E-state index in [-0.39, 0.29) is 10.9 Å². The summed E-state index contributed by atoms with van der Waals surface area (Å²) in [5.41, 5.74) is 4.51. The van der Waals surface area contributed by atoms with Crippen molar-refractivity contribution < 1.29 is 14.6 Å². The fraction of sp³-hybridized carbons (Fsp3) is 0.273. The highest BCUT2D eigenvalue weighted by Crippen LogP contribution is 2.53. The second-order valence-corrected chi connectivity index (χ2v) is 11.2. The molecule has 0 spiro atoms. The lowest BCUT2D eigenvalue weighted by atomic mass is 10.0. The van der Waals surface area contributed by atoms with Gasteiger partial charge >= 0.3 is 5.97 Å². The number of halogens is 2. The second-order valence-electron chi connectivity index (χ2n) is 7.76. The van der Waals surface area contributed by atoms with Crippen molar-refractivity contribution in [2.45, 2.75) is 29.9 Å². The number of methoxy groups -OCH3 is 1. The summed E-state index contributed by atoms with van der Waals surface area (Å²) in [6, 6.07) is 3.70. The van der Waals surface area contributed by atoms with E-state index in [2.05, 4.69) is 17.1 Å². The Balaban J connectivity index is 1.63. The predicted molar refractivity (Wildman–Crippen MR) is 134 cm³/mol. The summed E-state index contributed by atoms with van der Waals surface area (Å²) in [7, 11) is 1.62. The van der Waals surface area contributed by atoms with E-state index in [0.29, 0.717) is 45.1 Å². The van der Waals surface area contributed by atoms with Gasteiger partial charge in [0.2, 0.25) is 5.13 Å². The Morgan fingerprint density at radius 3 is 2.79 bits per heavy atom. The lowest BCUT2D eigenvalue weighted by Crippen LogP contribution is -2.09. The molecule has 8 nitrogen and oxygen atoms in total. The van der Waals surface area contributed by atoms with Gasteiger partial charge in [-0.25, -0.2) is 9.78 Å². The number of aromatic nitrogens is 5. The molecule has 4 aromatic rings. The molecular formula is C22H19Cl2N5O3S2. The normalized spacial score (nSPS) is 14.8. The van der Waals surface area contributed by atoms with Crippen molar-refractivity contribution in [1.82, 2.24) is 24.5 Å². The van der Waals surface area contributed by atoms with E-state index in [1.807, 2.05) is 12.1 Å². The first-order chi connectivity index (χ1) is 16.3. The molecule has 3 aromatic heterocycles. The molecule has 1 aliphatic rings. The third kappa shape index (κ3) is 3.93. The number of carboxylic acid groups (broad SMARTS) is 1. The second kappa shape index (κ2) is 9.01. The Bertz CT molecular complexity index is 1430. The summed E-state index contributed by atoms with van der Waals surface area (Å²) >= 11 is 15.6. The molecule has 0 amide bonds. The van der Waals surface area contributed by atoms with Gasteiger partial charge in [0.1, 0.15) is 0 Å². The van der Waals surface area contributed by atoms with Crippen LogP contribution in [0.5, 0.6) is 0 Å². The lowest BCUT2D eigenvalue weighted by molar-refractivity contribution is 0.0688. The van der Waals surface area contributed by atoms with Crippen LogP contribution in [-0.2, 0) is 11.3 Å². The number of thiazole rings is 1. The van der Waals surface area contributed by atoms with E-state index in [1.165, 1.54) is 16.0 Å². The number of rotatable bonds is 6. The molecule has 1 aromatic carbocycles. The van der Waals surface area contributed by atoms with Crippen LogP contribution in [0.4, 0.5) is 0 Å². The number of carboxylic acids is 1. The third-order valence-electron chi connectivity index (χ3n) is 5.54. The molecule has 1 atom stereocenters. The zero-order valence-corrected chi connectivity index (χ0v) is 21.5. The van der Waals surface area contributed by atoms with Gasteiger partial charge in [0.15, 0.2) is 5.69 Å². The highest BCUT2D eigenvalue weighted by molar-refractivity contribution is 8.01. The van der Waals surface area contributed by atoms with Gasteiger partial charge in [-0.05, 0) is 31.5 Å². The zero-order valence-electron chi connectivity index (χ0n) is 18.4. The summed E-state index contributed by atoms with van der Waals surface area (Å²) in [4.78, 5) is 17.2. The van der Waals surface area contributed by atoms with Crippen molar-refractivity contribution in [2.24, 2.45) is 0 Å². The minimum Gasteiger partial charge on any atom is -0.476 e. The summed E-state index contributed by atoms with van der Waals surface area (Å²) in [6.45, 7) is 4.94. The Morgan fingerprint density at radius 1 is 1.29 bits per heavy atom. The van der Waals surface area contributed by atoms with Crippen molar-refractivity contribution in [3.8, 4) is 27.5 Å². The molecule has 1 unspecified atom stereocenters. The first-order valence-corrected chi connectivity index (χ1v) is 12.8. The highest BCUT2D eigenvalue weighted by Gasteiger charge is 2.31. The minimum absolute atomic E-state index is 0.0438. The monoisotopic (exact) mass is 535 g/mol. The maximum absolute atomic E-state index is 12.4. The van der Waals surface area contributed by atoms with Gasteiger partial charge in [0.25, 0.3) is 0 Å². The molecule has 1 N–H and O–H groups in total. The number of hydrogen-bond donors (Lipinski definition) is 1. The van der Waals surface area contributed by atoms with Crippen molar-refractivity contribution in [2.75, 3.05) is 13.7 Å². The fourth-order valence-electron chi connectivity index (χ4n) is 3.97. The number of benzene rings is 1. The molecule has 34 heavy (non-hydrogen) atoms. The van der Waals surface area contributed by atoms with Crippen LogP contribution in [-0.4, -0.2) is 49.3 Å². The lowest BCUT2D eigenvalue weighted by Gasteiger charge is -2.21. The largest absolute Gasteiger partial charge is 0.476 e. The molecule has 176 valence electrons. The molecule has 0 radical (unpaired) electrons. The first-order valence-electron chi connectivity index (χ1n) is 10.3. The van der Waals surface area contributed by atoms with Gasteiger partial charge in [0.05, 0.1) is 45.0 Å². The summed E-state index contributed by atoms with van der Waals surface area (Å²) in [5.74, 6) is -1.09. The molecule has 0 fully saturated rings. The number of hydrogen-bond acceptors (Lipinski definition) is 7. The van der Waals surface area contributed by atoms with Crippen LogP contribution in [0.25, 0.3) is 27.5 Å². The van der Waals surface area contributed by atoms with E-state index in [1.54, 1.807) is 42.9 Å². The van der Waals surface area contributed by atoms with E-state index < -0.39 is 5.97 Å². The zero-order chi connectivity index (χ0) is 24.1. The number of ether oxygens (including phenoxy) is 1. The van der Waals surface area contributed by atoms with Crippen LogP contribution < -0.4 is 0 Å². The molecule has 0 saturated carbocycles. The van der Waals surface area contributed by atoms with Gasteiger partial charge in [-0.3, -0.25) is 4.68 Å². The maximum atomic E-state index is 12.4. The maximum Gasteiger partial charge on any atom is 0.355 e. The van der Waals surface area contributed by atoms with Crippen LogP contribution in [0.2, 0.25) is 10.0 Å². The van der Waals surface area contributed by atoms with E-state index in [0.717, 1.165) is 21.0 Å². The van der Waals surface area contributed by atoms with Gasteiger partial charge in [-0.15, -0.1) is 11.8 Å². The van der Waals surface area contributed by atoms with Crippen LogP contribution in [0.3, 0.4) is 0 Å². The molecule has 0 bridgehead atoms. The molecular weight excluding hydrogens is 517 g/mol. The summed E-state index contributed by atoms with van der Waals surface area (Å²) < 4.78 is 9.20. The van der Waals surface area contributed by atoms with Gasteiger partial charge in [0, 0.05) is 35.2 Å². The third-order valence-corrected chi connectivity index (χ3v) is 8.65. The molecule has 1 aliphatic heterocycles. The van der Waals surface area contributed by atoms with E-state index >= 15 is 0 Å². The van der Waals surface area contributed by atoms with Crippen LogP contribution in [0.15, 0.2) is 28.7 Å². The quantitative estimate of drug-likeness (QED) is 0.324. The molecule has 12 heteroatoms. The standard InChI is InChI=1S/C22H19Cl2N5O3S2/c1-10-17(12-8-25-28(9-12)4-5-32-3)19(20(30)31)29(27-10)22-26-18-14-7-16(24)15(23)6-13(14)11(2)33-21(18)34-22/h6-9,11H,4-5H2,1-3H3,(H,30,31). The molecule has 0 saturated heterocycles. The van der Waals surface area contributed by atoms with Gasteiger partial charge in [-0.2, -0.15) is 14.9 Å². The number of nitrogens with zero attached hydrogens (tertiary/aromatic N) is 5.